The van der Waals surface area contributed by atoms with Crippen molar-refractivity contribution < 1.29 is 0 Å². The van der Waals surface area contributed by atoms with Crippen molar-refractivity contribution in [2.75, 3.05) is 6.54 Å². The van der Waals surface area contributed by atoms with Crippen molar-refractivity contribution >= 4 is 0 Å². The topological polar surface area (TPSA) is 64.7 Å². The lowest BCUT2D eigenvalue weighted by Gasteiger charge is -2.22. The Labute approximate surface area is 113 Å². The minimum atomic E-state index is 0.582. The van der Waals surface area contributed by atoms with Gasteiger partial charge in [0.25, 0.3) is 0 Å². The number of fused-ring (bicyclic) bond motifs is 1. The Kier molecular flexibility index (Phi) is 3.25. The molecule has 98 valence electrons. The highest BCUT2D eigenvalue weighted by Crippen LogP contribution is 2.24. The summed E-state index contributed by atoms with van der Waals surface area (Å²) in [5.41, 5.74) is 10.00. The maximum Gasteiger partial charge on any atom is 0.178 e. The summed E-state index contributed by atoms with van der Waals surface area (Å²) in [5, 5.41) is 0. The van der Waals surface area contributed by atoms with Gasteiger partial charge in [-0.05, 0) is 56.3 Å². The third-order valence-corrected chi connectivity index (χ3v) is 3.70. The van der Waals surface area contributed by atoms with Gasteiger partial charge < -0.3 is 5.73 Å². The molecule has 0 saturated heterocycles. The summed E-state index contributed by atoms with van der Waals surface area (Å²) in [6.45, 7) is 2.73. The summed E-state index contributed by atoms with van der Waals surface area (Å²) in [6.07, 6.45) is 5.08. The van der Waals surface area contributed by atoms with Gasteiger partial charge in [-0.1, -0.05) is 6.07 Å². The highest BCUT2D eigenvalue weighted by atomic mass is 14.9. The van der Waals surface area contributed by atoms with Gasteiger partial charge in [-0.3, -0.25) is 0 Å². The number of hydrogen-bond donors (Lipinski definition) is 1. The lowest BCUT2D eigenvalue weighted by molar-refractivity contribution is 0.462. The van der Waals surface area contributed by atoms with E-state index in [1.807, 2.05) is 31.3 Å². The zero-order valence-electron chi connectivity index (χ0n) is 11.1. The van der Waals surface area contributed by atoms with E-state index in [9.17, 15) is 0 Å². The molecule has 4 nitrogen and oxygen atoms in total. The predicted molar refractivity (Wildman–Crippen MR) is 74.6 cm³/mol. The van der Waals surface area contributed by atoms with E-state index < -0.39 is 0 Å². The highest BCUT2D eigenvalue weighted by Gasteiger charge is 2.19. The SMILES string of the molecule is Cc1cccc(-c2ncc3c(n2)CCC(CN)C3)n1. The van der Waals surface area contributed by atoms with Crippen molar-refractivity contribution in [3.05, 3.63) is 41.3 Å². The zero-order chi connectivity index (χ0) is 13.2. The third kappa shape index (κ3) is 2.49. The summed E-state index contributed by atoms with van der Waals surface area (Å²) in [4.78, 5) is 13.6. The van der Waals surface area contributed by atoms with Gasteiger partial charge in [-0.15, -0.1) is 0 Å². The van der Waals surface area contributed by atoms with Gasteiger partial charge in [-0.25, -0.2) is 15.0 Å². The molecule has 0 aliphatic heterocycles. The van der Waals surface area contributed by atoms with Crippen LogP contribution in [0.2, 0.25) is 0 Å². The molecule has 4 heteroatoms. The molecule has 2 heterocycles. The maximum atomic E-state index is 5.75. The number of rotatable bonds is 2. The van der Waals surface area contributed by atoms with Crippen molar-refractivity contribution in [2.24, 2.45) is 11.7 Å². The molecule has 0 fully saturated rings. The van der Waals surface area contributed by atoms with Crippen LogP contribution in [-0.2, 0) is 12.8 Å². The average molecular weight is 254 g/mol. The Hall–Kier alpha value is -1.81. The second kappa shape index (κ2) is 5.05. The van der Waals surface area contributed by atoms with Gasteiger partial charge in [0.1, 0.15) is 5.69 Å². The first-order valence-corrected chi connectivity index (χ1v) is 6.75. The van der Waals surface area contributed by atoms with Crippen LogP contribution in [-0.4, -0.2) is 21.5 Å². The molecule has 2 aromatic heterocycles. The molecule has 19 heavy (non-hydrogen) atoms. The van der Waals surface area contributed by atoms with Crippen molar-refractivity contribution in [1.29, 1.82) is 0 Å². The van der Waals surface area contributed by atoms with Crippen LogP contribution in [0.5, 0.6) is 0 Å². The molecular weight excluding hydrogens is 236 g/mol. The average Bonchev–Trinajstić information content (AvgIpc) is 2.46. The second-order valence-corrected chi connectivity index (χ2v) is 5.17. The van der Waals surface area contributed by atoms with E-state index in [2.05, 4.69) is 15.0 Å². The Morgan fingerprint density at radius 2 is 2.21 bits per heavy atom. The molecule has 0 spiro atoms. The van der Waals surface area contributed by atoms with Crippen LogP contribution >= 0.6 is 0 Å². The first kappa shape index (κ1) is 12.2. The Bertz CT molecular complexity index is 594. The first-order valence-electron chi connectivity index (χ1n) is 6.75. The van der Waals surface area contributed by atoms with E-state index in [-0.39, 0.29) is 0 Å². The van der Waals surface area contributed by atoms with Crippen LogP contribution < -0.4 is 5.73 Å². The molecule has 0 saturated carbocycles. The number of nitrogens with zero attached hydrogens (tertiary/aromatic N) is 3. The van der Waals surface area contributed by atoms with Crippen molar-refractivity contribution in [3.63, 3.8) is 0 Å². The molecule has 1 aliphatic carbocycles. The van der Waals surface area contributed by atoms with Crippen molar-refractivity contribution in [1.82, 2.24) is 15.0 Å². The fourth-order valence-corrected chi connectivity index (χ4v) is 2.58. The van der Waals surface area contributed by atoms with Crippen LogP contribution in [0, 0.1) is 12.8 Å². The molecule has 2 aromatic rings. The fourth-order valence-electron chi connectivity index (χ4n) is 2.58. The van der Waals surface area contributed by atoms with Crippen LogP contribution in [0.25, 0.3) is 11.5 Å². The van der Waals surface area contributed by atoms with Crippen LogP contribution in [0.4, 0.5) is 0 Å². The van der Waals surface area contributed by atoms with Crippen molar-refractivity contribution in [3.8, 4) is 11.5 Å². The molecule has 2 N–H and O–H groups in total. The summed E-state index contributed by atoms with van der Waals surface area (Å²) in [6, 6.07) is 5.93. The zero-order valence-corrected chi connectivity index (χ0v) is 11.1. The maximum absolute atomic E-state index is 5.75. The van der Waals surface area contributed by atoms with Gasteiger partial charge in [0, 0.05) is 17.6 Å². The monoisotopic (exact) mass is 254 g/mol. The van der Waals surface area contributed by atoms with E-state index in [1.54, 1.807) is 0 Å². The molecule has 0 bridgehead atoms. The molecule has 0 amide bonds. The highest BCUT2D eigenvalue weighted by molar-refractivity contribution is 5.49. The Morgan fingerprint density at radius 1 is 1.32 bits per heavy atom. The van der Waals surface area contributed by atoms with Gasteiger partial charge in [0.15, 0.2) is 5.82 Å². The number of pyridine rings is 1. The first-order chi connectivity index (χ1) is 9.26. The van der Waals surface area contributed by atoms with Gasteiger partial charge in [0.2, 0.25) is 0 Å². The minimum absolute atomic E-state index is 0.582. The van der Waals surface area contributed by atoms with Crippen molar-refractivity contribution in [2.45, 2.75) is 26.2 Å². The Balaban J connectivity index is 1.94. The molecule has 3 rings (SSSR count). The number of aryl methyl sites for hydroxylation is 2. The lowest BCUT2D eigenvalue weighted by atomic mass is 9.87. The second-order valence-electron chi connectivity index (χ2n) is 5.17. The van der Waals surface area contributed by atoms with Gasteiger partial charge in [-0.2, -0.15) is 0 Å². The normalized spacial score (nSPS) is 18.1. The fraction of sp³-hybridized carbons (Fsp3) is 0.400. The van der Waals surface area contributed by atoms with Gasteiger partial charge in [0.05, 0.1) is 0 Å². The number of hydrogen-bond acceptors (Lipinski definition) is 4. The Morgan fingerprint density at radius 3 is 3.00 bits per heavy atom. The van der Waals surface area contributed by atoms with Crippen LogP contribution in [0.15, 0.2) is 24.4 Å². The standard InChI is InChI=1S/C15H18N4/c1-10-3-2-4-14(18-10)15-17-9-12-7-11(8-16)5-6-13(12)19-15/h2-4,9,11H,5-8,16H2,1H3. The quantitative estimate of drug-likeness (QED) is 0.889. The summed E-state index contributed by atoms with van der Waals surface area (Å²) < 4.78 is 0. The largest absolute Gasteiger partial charge is 0.330 e. The van der Waals surface area contributed by atoms with E-state index >= 15 is 0 Å². The van der Waals surface area contributed by atoms with Gasteiger partial charge >= 0.3 is 0 Å². The predicted octanol–water partition coefficient (Wildman–Crippen LogP) is 1.91. The minimum Gasteiger partial charge on any atom is -0.330 e. The van der Waals surface area contributed by atoms with Crippen LogP contribution in [0.3, 0.4) is 0 Å². The summed E-state index contributed by atoms with van der Waals surface area (Å²) in [5.74, 6) is 1.31. The number of nitrogens with two attached hydrogens (primary N) is 1. The smallest absolute Gasteiger partial charge is 0.178 e. The lowest BCUT2D eigenvalue weighted by Crippen LogP contribution is -2.23. The van der Waals surface area contributed by atoms with E-state index in [4.69, 9.17) is 5.73 Å². The third-order valence-electron chi connectivity index (χ3n) is 3.70. The molecular formula is C15H18N4. The van der Waals surface area contributed by atoms with E-state index in [0.717, 1.165) is 48.7 Å². The van der Waals surface area contributed by atoms with E-state index in [0.29, 0.717) is 5.92 Å². The molecule has 0 aromatic carbocycles. The van der Waals surface area contributed by atoms with Crippen LogP contribution in [0.1, 0.15) is 23.4 Å². The molecule has 1 unspecified atom stereocenters. The molecule has 1 atom stereocenters. The summed E-state index contributed by atoms with van der Waals surface area (Å²) in [7, 11) is 0. The molecule has 1 aliphatic rings. The van der Waals surface area contributed by atoms with E-state index in [1.165, 1.54) is 5.56 Å². The molecule has 0 radical (unpaired) electrons. The summed E-state index contributed by atoms with van der Waals surface area (Å²) >= 11 is 0. The number of aromatic nitrogens is 3.